The Bertz CT molecular complexity index is 299. The number of carbonyl (C=O) groups excluding carboxylic acids is 1. The predicted molar refractivity (Wildman–Crippen MR) is 31.4 cm³/mol. The fraction of sp³-hybridized carbons (Fsp3) is 0. The topological polar surface area (TPSA) is 66.9 Å². The van der Waals surface area contributed by atoms with Gasteiger partial charge in [0.2, 0.25) is 5.76 Å². The monoisotopic (exact) mass is 156 g/mol. The molecule has 0 atom stereocenters. The number of carbonyl (C=O) groups is 1. The summed E-state index contributed by atoms with van der Waals surface area (Å²) in [6, 6.07) is 2.84. The standard InChI is InChI=1S/C5HClN2O2/c6-5(9)4-1-3(2-7)10-8-4/h1H. The highest BCUT2D eigenvalue weighted by atomic mass is 35.5. The average Bonchev–Trinajstić information content (AvgIpc) is 2.34. The van der Waals surface area contributed by atoms with Gasteiger partial charge in [0.05, 0.1) is 0 Å². The van der Waals surface area contributed by atoms with Crippen LogP contribution < -0.4 is 0 Å². The Balaban J connectivity index is 3.02. The molecule has 0 saturated carbocycles. The van der Waals surface area contributed by atoms with E-state index in [0.29, 0.717) is 0 Å². The largest absolute Gasteiger partial charge is 0.345 e. The van der Waals surface area contributed by atoms with Crippen molar-refractivity contribution < 1.29 is 9.32 Å². The third-order valence-electron chi connectivity index (χ3n) is 0.822. The van der Waals surface area contributed by atoms with Crippen LogP contribution in [0.5, 0.6) is 0 Å². The van der Waals surface area contributed by atoms with Crippen molar-refractivity contribution in [1.29, 1.82) is 5.26 Å². The molecule has 0 aliphatic rings. The first-order valence-corrected chi connectivity index (χ1v) is 2.68. The van der Waals surface area contributed by atoms with Crippen LogP contribution in [0.15, 0.2) is 10.6 Å². The molecule has 0 unspecified atom stereocenters. The summed E-state index contributed by atoms with van der Waals surface area (Å²) in [4.78, 5) is 10.3. The van der Waals surface area contributed by atoms with Gasteiger partial charge in [-0.1, -0.05) is 5.16 Å². The van der Waals surface area contributed by atoms with E-state index in [-0.39, 0.29) is 11.5 Å². The second kappa shape index (κ2) is 2.50. The van der Waals surface area contributed by atoms with Crippen LogP contribution in [0.1, 0.15) is 16.2 Å². The fourth-order valence-corrected chi connectivity index (χ4v) is 0.510. The zero-order valence-electron chi connectivity index (χ0n) is 4.67. The van der Waals surface area contributed by atoms with E-state index in [0.717, 1.165) is 0 Å². The Morgan fingerprint density at radius 1 is 1.90 bits per heavy atom. The molecule has 1 aromatic heterocycles. The van der Waals surface area contributed by atoms with Crippen LogP contribution in [0.25, 0.3) is 0 Å². The van der Waals surface area contributed by atoms with Crippen LogP contribution in [0.2, 0.25) is 0 Å². The number of halogens is 1. The van der Waals surface area contributed by atoms with Crippen LogP contribution >= 0.6 is 11.6 Å². The summed E-state index contributed by atoms with van der Waals surface area (Å²) in [6.45, 7) is 0. The van der Waals surface area contributed by atoms with Crippen molar-refractivity contribution in [3.05, 3.63) is 17.5 Å². The minimum Gasteiger partial charge on any atom is -0.345 e. The highest BCUT2D eigenvalue weighted by molar-refractivity contribution is 6.67. The number of hydrogen-bond acceptors (Lipinski definition) is 4. The minimum absolute atomic E-state index is 0.0241. The van der Waals surface area contributed by atoms with Gasteiger partial charge in [-0.15, -0.1) is 0 Å². The molecule has 0 aliphatic heterocycles. The van der Waals surface area contributed by atoms with Gasteiger partial charge in [-0.05, 0) is 11.6 Å². The Labute approximate surface area is 61.0 Å². The predicted octanol–water partition coefficient (Wildman–Crippen LogP) is 0.925. The van der Waals surface area contributed by atoms with Crippen LogP contribution in [0.3, 0.4) is 0 Å². The first-order chi connectivity index (χ1) is 4.74. The normalized spacial score (nSPS) is 8.80. The van der Waals surface area contributed by atoms with E-state index in [4.69, 9.17) is 16.9 Å². The summed E-state index contributed by atoms with van der Waals surface area (Å²) in [5, 5.41) is 10.7. The van der Waals surface area contributed by atoms with Crippen LogP contribution in [-0.4, -0.2) is 10.4 Å². The molecule has 0 N–H and O–H groups in total. The van der Waals surface area contributed by atoms with E-state index in [2.05, 4.69) is 9.68 Å². The number of nitrogens with zero attached hydrogens (tertiary/aromatic N) is 2. The molecule has 1 heterocycles. The molecule has 1 aromatic rings. The Morgan fingerprint density at radius 2 is 2.60 bits per heavy atom. The number of hydrogen-bond donors (Lipinski definition) is 0. The second-order valence-corrected chi connectivity index (χ2v) is 1.81. The smallest absolute Gasteiger partial charge is 0.274 e. The third kappa shape index (κ3) is 1.14. The zero-order chi connectivity index (χ0) is 7.56. The van der Waals surface area contributed by atoms with Crippen molar-refractivity contribution in [3.63, 3.8) is 0 Å². The molecule has 4 nitrogen and oxygen atoms in total. The van der Waals surface area contributed by atoms with Crippen LogP contribution in [0, 0.1) is 11.3 Å². The lowest BCUT2D eigenvalue weighted by Crippen LogP contribution is -1.85. The maximum atomic E-state index is 10.3. The third-order valence-corrected chi connectivity index (χ3v) is 1.02. The van der Waals surface area contributed by atoms with E-state index in [1.807, 2.05) is 0 Å². The molecule has 0 radical (unpaired) electrons. The highest BCUT2D eigenvalue weighted by Crippen LogP contribution is 2.03. The summed E-state index contributed by atoms with van der Waals surface area (Å²) >= 11 is 5.00. The van der Waals surface area contributed by atoms with Crippen molar-refractivity contribution in [1.82, 2.24) is 5.16 Å². The van der Waals surface area contributed by atoms with E-state index < -0.39 is 5.24 Å². The van der Waals surface area contributed by atoms with E-state index in [1.165, 1.54) is 6.07 Å². The van der Waals surface area contributed by atoms with E-state index in [9.17, 15) is 4.79 Å². The van der Waals surface area contributed by atoms with E-state index in [1.54, 1.807) is 6.07 Å². The molecule has 0 amide bonds. The Hall–Kier alpha value is -1.34. The Kier molecular flexibility index (Phi) is 1.69. The van der Waals surface area contributed by atoms with Gasteiger partial charge in [0.1, 0.15) is 6.07 Å². The number of aromatic nitrogens is 1. The summed E-state index contributed by atoms with van der Waals surface area (Å²) in [6.07, 6.45) is 0. The highest BCUT2D eigenvalue weighted by Gasteiger charge is 2.08. The van der Waals surface area contributed by atoms with Gasteiger partial charge in [-0.3, -0.25) is 4.79 Å². The lowest BCUT2D eigenvalue weighted by Gasteiger charge is -1.73. The first kappa shape index (κ1) is 6.78. The summed E-state index contributed by atoms with van der Waals surface area (Å²) in [7, 11) is 0. The fourth-order valence-electron chi connectivity index (χ4n) is 0.421. The maximum absolute atomic E-state index is 10.3. The van der Waals surface area contributed by atoms with Gasteiger partial charge >= 0.3 is 0 Å². The molecule has 0 bridgehead atoms. The number of nitriles is 1. The lowest BCUT2D eigenvalue weighted by atomic mass is 10.4. The molecule has 0 spiro atoms. The van der Waals surface area contributed by atoms with Crippen LogP contribution in [-0.2, 0) is 0 Å². The molecular weight excluding hydrogens is 156 g/mol. The van der Waals surface area contributed by atoms with Gasteiger partial charge in [-0.2, -0.15) is 5.26 Å². The van der Waals surface area contributed by atoms with Gasteiger partial charge in [0.15, 0.2) is 5.69 Å². The van der Waals surface area contributed by atoms with Gasteiger partial charge < -0.3 is 4.52 Å². The zero-order valence-corrected chi connectivity index (χ0v) is 5.42. The molecule has 0 fully saturated rings. The van der Waals surface area contributed by atoms with Gasteiger partial charge in [-0.25, -0.2) is 0 Å². The van der Waals surface area contributed by atoms with Crippen LogP contribution in [0.4, 0.5) is 0 Å². The average molecular weight is 157 g/mol. The molecule has 50 valence electrons. The van der Waals surface area contributed by atoms with Crippen molar-refractivity contribution in [2.75, 3.05) is 0 Å². The maximum Gasteiger partial charge on any atom is 0.274 e. The quantitative estimate of drug-likeness (QED) is 0.567. The summed E-state index contributed by atoms with van der Waals surface area (Å²) < 4.78 is 4.36. The van der Waals surface area contributed by atoms with Gasteiger partial charge in [0, 0.05) is 6.07 Å². The van der Waals surface area contributed by atoms with Crippen molar-refractivity contribution in [2.45, 2.75) is 0 Å². The molecule has 5 heteroatoms. The van der Waals surface area contributed by atoms with Crippen molar-refractivity contribution in [3.8, 4) is 6.07 Å². The SMILES string of the molecule is N#Cc1cc(C(=O)Cl)no1. The second-order valence-electron chi connectivity index (χ2n) is 1.46. The molecular formula is C5HClN2O2. The molecule has 0 aromatic carbocycles. The van der Waals surface area contributed by atoms with Crippen molar-refractivity contribution in [2.24, 2.45) is 0 Å². The van der Waals surface area contributed by atoms with E-state index >= 15 is 0 Å². The minimum atomic E-state index is -0.731. The molecule has 0 saturated heterocycles. The number of rotatable bonds is 1. The molecule has 0 aliphatic carbocycles. The lowest BCUT2D eigenvalue weighted by molar-refractivity contribution is 0.107. The van der Waals surface area contributed by atoms with Gasteiger partial charge in [0.25, 0.3) is 5.24 Å². The summed E-state index contributed by atoms with van der Waals surface area (Å²) in [5.41, 5.74) is -0.0433. The molecule has 1 rings (SSSR count). The first-order valence-electron chi connectivity index (χ1n) is 2.30. The Morgan fingerprint density at radius 3 is 2.90 bits per heavy atom. The van der Waals surface area contributed by atoms with Crippen molar-refractivity contribution >= 4 is 16.8 Å². The molecule has 10 heavy (non-hydrogen) atoms. The summed E-state index contributed by atoms with van der Waals surface area (Å²) in [5.74, 6) is -0.0241.